The molecule has 0 bridgehead atoms. The number of nitrogens with zero attached hydrogens (tertiary/aromatic N) is 1. The molecular formula is C26H35ClN4O2. The predicted octanol–water partition coefficient (Wildman–Crippen LogP) is 5.26. The molecule has 0 aromatic heterocycles. The third-order valence-corrected chi connectivity index (χ3v) is 6.43. The molecule has 0 saturated heterocycles. The van der Waals surface area contributed by atoms with Gasteiger partial charge in [-0.15, -0.1) is 0 Å². The summed E-state index contributed by atoms with van der Waals surface area (Å²) < 4.78 is 0. The molecule has 7 heteroatoms. The number of halogens is 1. The summed E-state index contributed by atoms with van der Waals surface area (Å²) in [5.74, 6) is -0.246. The number of carbonyl (C=O) groups excluding carboxylic acids is 2. The van der Waals surface area contributed by atoms with E-state index in [0.29, 0.717) is 35.3 Å². The first-order chi connectivity index (χ1) is 15.7. The predicted molar refractivity (Wildman–Crippen MR) is 137 cm³/mol. The Labute approximate surface area is 202 Å². The minimum Gasteiger partial charge on any atom is -0.382 e. The Morgan fingerprint density at radius 3 is 2.55 bits per heavy atom. The average Bonchev–Trinajstić information content (AvgIpc) is 3.27. The van der Waals surface area contributed by atoms with E-state index >= 15 is 0 Å². The van der Waals surface area contributed by atoms with Crippen molar-refractivity contribution in [3.05, 3.63) is 46.5 Å². The smallest absolute Gasteiger partial charge is 0.253 e. The quantitative estimate of drug-likeness (QED) is 0.475. The molecule has 0 spiro atoms. The van der Waals surface area contributed by atoms with Crippen molar-refractivity contribution in [3.8, 4) is 0 Å². The fourth-order valence-electron chi connectivity index (χ4n) is 4.14. The third kappa shape index (κ3) is 6.70. The molecule has 0 aliphatic heterocycles. The van der Waals surface area contributed by atoms with E-state index in [9.17, 15) is 9.59 Å². The molecule has 1 saturated carbocycles. The van der Waals surface area contributed by atoms with Crippen molar-refractivity contribution in [2.24, 2.45) is 16.3 Å². The fraction of sp³-hybridized carbons (Fsp3) is 0.500. The van der Waals surface area contributed by atoms with Gasteiger partial charge < -0.3 is 16.0 Å². The molecule has 1 fully saturated rings. The van der Waals surface area contributed by atoms with Crippen molar-refractivity contribution in [3.63, 3.8) is 0 Å². The van der Waals surface area contributed by atoms with E-state index in [-0.39, 0.29) is 17.7 Å². The number of nitrogens with one attached hydrogen (secondary N) is 3. The zero-order chi connectivity index (χ0) is 24.0. The lowest BCUT2D eigenvalue weighted by Crippen LogP contribution is -2.38. The molecule has 1 aromatic carbocycles. The number of aliphatic imine (C=N–C) groups is 1. The number of benzene rings is 1. The van der Waals surface area contributed by atoms with Crippen LogP contribution in [0.4, 0.5) is 11.4 Å². The van der Waals surface area contributed by atoms with E-state index in [0.717, 1.165) is 24.1 Å². The number of rotatable bonds is 7. The van der Waals surface area contributed by atoms with E-state index in [4.69, 9.17) is 11.6 Å². The summed E-state index contributed by atoms with van der Waals surface area (Å²) >= 11 is 6.40. The summed E-state index contributed by atoms with van der Waals surface area (Å²) in [6.45, 7) is 6.09. The standard InChI is InChI=1S/C26H35ClN4O2/c1-26(2,3)25(33)29-15-17-12-13-21(27)19(14-17)24(32)31-23-11-7-10-22(20(23)16-28-4)30-18-8-5-6-9-18/h7,10-13,16-18,30H,5-6,8-9,14-15H2,1-4H3,(H,29,33)(H,31,32)/b28-16-. The van der Waals surface area contributed by atoms with Gasteiger partial charge in [0.25, 0.3) is 5.91 Å². The first kappa shape index (κ1) is 25.0. The fourth-order valence-corrected chi connectivity index (χ4v) is 4.37. The first-order valence-electron chi connectivity index (χ1n) is 11.7. The van der Waals surface area contributed by atoms with Crippen LogP contribution >= 0.6 is 11.6 Å². The van der Waals surface area contributed by atoms with Crippen LogP contribution in [0.25, 0.3) is 0 Å². The highest BCUT2D eigenvalue weighted by molar-refractivity contribution is 6.34. The number of carbonyl (C=O) groups is 2. The number of allylic oxidation sites excluding steroid dienone is 2. The average molecular weight is 471 g/mol. The van der Waals surface area contributed by atoms with Crippen molar-refractivity contribution in [1.82, 2.24) is 5.32 Å². The van der Waals surface area contributed by atoms with Gasteiger partial charge in [-0.3, -0.25) is 14.6 Å². The molecule has 1 aromatic rings. The van der Waals surface area contributed by atoms with Crippen molar-refractivity contribution >= 4 is 41.0 Å². The third-order valence-electron chi connectivity index (χ3n) is 6.08. The molecule has 3 N–H and O–H groups in total. The SMILES string of the molecule is C/N=C\c1c(NC(=O)C2=C(Cl)C=CC(CNC(=O)C(C)(C)C)C2)cccc1NC1CCCC1. The lowest BCUT2D eigenvalue weighted by molar-refractivity contribution is -0.128. The molecule has 2 aliphatic carbocycles. The van der Waals surface area contributed by atoms with Gasteiger partial charge in [-0.2, -0.15) is 0 Å². The first-order valence-corrected chi connectivity index (χ1v) is 12.0. The minimum absolute atomic E-state index is 0.00610. The van der Waals surface area contributed by atoms with Gasteiger partial charge >= 0.3 is 0 Å². The van der Waals surface area contributed by atoms with Crippen molar-refractivity contribution in [1.29, 1.82) is 0 Å². The Bertz CT molecular complexity index is 969. The lowest BCUT2D eigenvalue weighted by Gasteiger charge is -2.23. The van der Waals surface area contributed by atoms with E-state index in [1.165, 1.54) is 12.8 Å². The van der Waals surface area contributed by atoms with Crippen LogP contribution in [0, 0.1) is 11.3 Å². The summed E-state index contributed by atoms with van der Waals surface area (Å²) in [6, 6.07) is 6.28. The van der Waals surface area contributed by atoms with Gasteiger partial charge in [0, 0.05) is 53.1 Å². The maximum absolute atomic E-state index is 13.2. The van der Waals surface area contributed by atoms with Crippen LogP contribution in [0.15, 0.2) is 45.9 Å². The van der Waals surface area contributed by atoms with Crippen molar-refractivity contribution in [2.75, 3.05) is 24.2 Å². The second-order valence-corrected chi connectivity index (χ2v) is 10.3. The van der Waals surface area contributed by atoms with E-state index in [1.54, 1.807) is 19.3 Å². The highest BCUT2D eigenvalue weighted by Crippen LogP contribution is 2.30. The molecule has 0 heterocycles. The molecule has 0 radical (unpaired) electrons. The van der Waals surface area contributed by atoms with Crippen LogP contribution in [0.3, 0.4) is 0 Å². The Balaban J connectivity index is 1.72. The molecule has 1 atom stereocenters. The summed E-state index contributed by atoms with van der Waals surface area (Å²) in [4.78, 5) is 29.6. The zero-order valence-corrected chi connectivity index (χ0v) is 20.8. The zero-order valence-electron chi connectivity index (χ0n) is 20.0. The summed E-state index contributed by atoms with van der Waals surface area (Å²) in [6.07, 6.45) is 10.7. The van der Waals surface area contributed by atoms with Gasteiger partial charge in [-0.1, -0.05) is 57.4 Å². The van der Waals surface area contributed by atoms with Crippen molar-refractivity contribution in [2.45, 2.75) is 58.9 Å². The van der Waals surface area contributed by atoms with E-state index in [2.05, 4.69) is 20.9 Å². The summed E-state index contributed by atoms with van der Waals surface area (Å²) in [5.41, 5.74) is 2.58. The molecular weight excluding hydrogens is 436 g/mol. The van der Waals surface area contributed by atoms with Crippen LogP contribution < -0.4 is 16.0 Å². The van der Waals surface area contributed by atoms with Gasteiger partial charge in [0.1, 0.15) is 0 Å². The topological polar surface area (TPSA) is 82.6 Å². The van der Waals surface area contributed by atoms with Crippen LogP contribution in [0.5, 0.6) is 0 Å². The highest BCUT2D eigenvalue weighted by Gasteiger charge is 2.25. The Kier molecular flexibility index (Phi) is 8.35. The maximum atomic E-state index is 13.2. The van der Waals surface area contributed by atoms with E-state index < -0.39 is 5.41 Å². The highest BCUT2D eigenvalue weighted by atomic mass is 35.5. The lowest BCUT2D eigenvalue weighted by atomic mass is 9.92. The molecule has 1 unspecified atom stereocenters. The van der Waals surface area contributed by atoms with Gasteiger partial charge in [-0.05, 0) is 43.4 Å². The van der Waals surface area contributed by atoms with Gasteiger partial charge in [0.05, 0.1) is 5.69 Å². The van der Waals surface area contributed by atoms with E-state index in [1.807, 2.05) is 45.0 Å². The normalized spacial score (nSPS) is 19.2. The molecule has 2 aliphatic rings. The number of anilines is 2. The molecule has 2 amide bonds. The van der Waals surface area contributed by atoms with Crippen LogP contribution in [0.1, 0.15) is 58.4 Å². The second-order valence-electron chi connectivity index (χ2n) is 9.84. The van der Waals surface area contributed by atoms with Crippen LogP contribution in [-0.2, 0) is 9.59 Å². The van der Waals surface area contributed by atoms with Crippen LogP contribution in [-0.4, -0.2) is 37.7 Å². The molecule has 3 rings (SSSR count). The van der Waals surface area contributed by atoms with Gasteiger partial charge in [0.2, 0.25) is 5.91 Å². The minimum atomic E-state index is -0.457. The summed E-state index contributed by atoms with van der Waals surface area (Å²) in [7, 11) is 1.72. The number of hydrogen-bond donors (Lipinski definition) is 3. The molecule has 33 heavy (non-hydrogen) atoms. The number of amides is 2. The van der Waals surface area contributed by atoms with Crippen molar-refractivity contribution < 1.29 is 9.59 Å². The Hall–Kier alpha value is -2.60. The van der Waals surface area contributed by atoms with Crippen LogP contribution in [0.2, 0.25) is 0 Å². The maximum Gasteiger partial charge on any atom is 0.253 e. The monoisotopic (exact) mass is 470 g/mol. The van der Waals surface area contributed by atoms with Gasteiger partial charge in [0.15, 0.2) is 0 Å². The summed E-state index contributed by atoms with van der Waals surface area (Å²) in [5, 5.41) is 10.0. The Morgan fingerprint density at radius 2 is 1.88 bits per heavy atom. The largest absolute Gasteiger partial charge is 0.382 e. The van der Waals surface area contributed by atoms with Gasteiger partial charge in [-0.25, -0.2) is 0 Å². The Morgan fingerprint density at radius 1 is 1.18 bits per heavy atom. The second kappa shape index (κ2) is 11.0. The molecule has 6 nitrogen and oxygen atoms in total. The number of hydrogen-bond acceptors (Lipinski definition) is 4. The molecule has 178 valence electrons.